The molecule has 0 atom stereocenters. The molecule has 10 heteroatoms. The van der Waals surface area contributed by atoms with Crippen molar-refractivity contribution in [3.05, 3.63) is 27.2 Å². The number of carbonyl (C=O) groups excluding carboxylic acids is 3. The minimum atomic E-state index is -2.08. The van der Waals surface area contributed by atoms with Crippen molar-refractivity contribution >= 4 is 56.1 Å². The molecule has 0 fully saturated rings. The first-order valence-electron chi connectivity index (χ1n) is 10.2. The quantitative estimate of drug-likeness (QED) is 0.477. The Morgan fingerprint density at radius 3 is 1.74 bits per heavy atom. The second-order valence-corrected chi connectivity index (χ2v) is 19.3. The molecule has 0 aromatic heterocycles. The van der Waals surface area contributed by atoms with E-state index < -0.39 is 28.6 Å². The number of halogens is 1. The van der Waals surface area contributed by atoms with Crippen molar-refractivity contribution in [2.45, 2.75) is 60.1 Å². The summed E-state index contributed by atoms with van der Waals surface area (Å²) >= 11 is 3.55. The van der Waals surface area contributed by atoms with E-state index in [2.05, 4.69) is 21.2 Å². The minimum absolute atomic E-state index is 0.133. The van der Waals surface area contributed by atoms with Crippen LogP contribution in [0.25, 0.3) is 0 Å². The fourth-order valence-electron chi connectivity index (χ4n) is 3.02. The third-order valence-electron chi connectivity index (χ3n) is 4.05. The Bertz CT molecular complexity index is 818. The van der Waals surface area contributed by atoms with Crippen molar-refractivity contribution < 1.29 is 23.2 Å². The molecule has 0 saturated carbocycles. The molecule has 1 aromatic carbocycles. The second-order valence-electron chi connectivity index (χ2n) is 9.69. The predicted octanol–water partition coefficient (Wildman–Crippen LogP) is 4.37. The van der Waals surface area contributed by atoms with Gasteiger partial charge in [0.2, 0.25) is 22.5 Å². The average molecular weight is 532 g/mol. The maximum Gasteiger partial charge on any atom is 0.306 e. The zero-order valence-electron chi connectivity index (χ0n) is 20.1. The number of anilines is 1. The van der Waals surface area contributed by atoms with Gasteiger partial charge in [0.25, 0.3) is 0 Å². The molecular formula is C21H35BrN2O5Si2. The molecular weight excluding hydrogens is 496 g/mol. The summed E-state index contributed by atoms with van der Waals surface area (Å²) in [4.78, 5) is 39.0. The Morgan fingerprint density at radius 2 is 1.32 bits per heavy atom. The Hall–Kier alpha value is -1.50. The van der Waals surface area contributed by atoms with Crippen LogP contribution in [0.2, 0.25) is 39.3 Å². The normalized spacial score (nSPS) is 12.0. The monoisotopic (exact) mass is 530 g/mol. The molecule has 1 rings (SSSR count). The highest BCUT2D eigenvalue weighted by Crippen LogP contribution is 2.30. The van der Waals surface area contributed by atoms with Crippen molar-refractivity contribution in [3.8, 4) is 0 Å². The third-order valence-corrected chi connectivity index (χ3v) is 6.96. The lowest BCUT2D eigenvalue weighted by Gasteiger charge is -2.25. The van der Waals surface area contributed by atoms with Crippen molar-refractivity contribution in [1.29, 1.82) is 0 Å². The molecule has 0 unspecified atom stereocenters. The molecule has 0 aliphatic heterocycles. The van der Waals surface area contributed by atoms with Gasteiger partial charge in [-0.15, -0.1) is 0 Å². The van der Waals surface area contributed by atoms with Crippen LogP contribution in [-0.2, 0) is 23.2 Å². The molecule has 174 valence electrons. The molecule has 0 aliphatic rings. The average Bonchev–Trinajstić information content (AvgIpc) is 2.53. The van der Waals surface area contributed by atoms with Gasteiger partial charge >= 0.3 is 11.9 Å². The van der Waals surface area contributed by atoms with E-state index in [0.717, 1.165) is 26.9 Å². The summed E-state index contributed by atoms with van der Waals surface area (Å²) in [6.07, 6.45) is 0. The van der Waals surface area contributed by atoms with Gasteiger partial charge in [-0.2, -0.15) is 0 Å². The van der Waals surface area contributed by atoms with E-state index >= 15 is 0 Å². The highest BCUT2D eigenvalue weighted by molar-refractivity contribution is 9.10. The van der Waals surface area contributed by atoms with Gasteiger partial charge in [0, 0.05) is 10.2 Å². The molecule has 1 amide bonds. The number of hydrogen-bond acceptors (Lipinski definition) is 6. The molecule has 0 aliphatic carbocycles. The van der Waals surface area contributed by atoms with Crippen LogP contribution in [0, 0.1) is 20.8 Å². The lowest BCUT2D eigenvalue weighted by Crippen LogP contribution is -2.44. The zero-order chi connectivity index (χ0) is 24.1. The number of nitrogens with zero attached hydrogens (tertiary/aromatic N) is 1. The number of rotatable bonds is 9. The largest absolute Gasteiger partial charge is 0.519 e. The summed E-state index contributed by atoms with van der Waals surface area (Å²) in [5.41, 5.74) is 3.66. The first-order valence-corrected chi connectivity index (χ1v) is 17.8. The summed E-state index contributed by atoms with van der Waals surface area (Å²) in [7, 11) is -4.17. The van der Waals surface area contributed by atoms with Crippen LogP contribution in [0.3, 0.4) is 0 Å². The van der Waals surface area contributed by atoms with Gasteiger partial charge < -0.3 is 14.2 Å². The molecule has 1 N–H and O–H groups in total. The number of carbonyl (C=O) groups is 3. The number of benzene rings is 1. The molecule has 1 aromatic rings. The third kappa shape index (κ3) is 10.1. The number of nitrogens with one attached hydrogen (secondary N) is 1. The maximum atomic E-state index is 12.8. The van der Waals surface area contributed by atoms with E-state index in [-0.39, 0.29) is 25.5 Å². The molecule has 0 spiro atoms. The molecule has 0 radical (unpaired) electrons. The van der Waals surface area contributed by atoms with Crippen molar-refractivity contribution in [1.82, 2.24) is 4.90 Å². The van der Waals surface area contributed by atoms with Crippen LogP contribution in [0.1, 0.15) is 16.7 Å². The summed E-state index contributed by atoms with van der Waals surface area (Å²) < 4.78 is 11.9. The summed E-state index contributed by atoms with van der Waals surface area (Å²) in [5, 5.41) is 2.92. The van der Waals surface area contributed by atoms with Gasteiger partial charge in [-0.05, 0) is 76.7 Å². The number of hydrogen-bond donors (Lipinski definition) is 1. The van der Waals surface area contributed by atoms with Crippen LogP contribution in [0.15, 0.2) is 10.5 Å². The van der Waals surface area contributed by atoms with Crippen molar-refractivity contribution in [2.75, 3.05) is 25.0 Å². The highest BCUT2D eigenvalue weighted by atomic mass is 79.9. The Morgan fingerprint density at radius 1 is 0.871 bits per heavy atom. The van der Waals surface area contributed by atoms with Gasteiger partial charge in [-0.3, -0.25) is 19.3 Å². The SMILES string of the molecule is Cc1cc(C)c(NC(=O)CN(CC(=O)O[Si](C)(C)C)CC(=O)O[Si](C)(C)C)c(C)c1Br. The number of aryl methyl sites for hydroxylation is 2. The summed E-state index contributed by atoms with van der Waals surface area (Å²) in [6.45, 7) is 16.8. The summed E-state index contributed by atoms with van der Waals surface area (Å²) in [6, 6.07) is 1.99. The van der Waals surface area contributed by atoms with Crippen LogP contribution in [-0.4, -0.2) is 59.0 Å². The standard InChI is InChI=1S/C21H35BrN2O5Si2/c1-14-10-15(2)21(16(3)20(14)22)23-17(25)11-24(12-18(26)28-30(4,5)6)13-19(27)29-31(7,8)9/h10H,11-13H2,1-9H3,(H,23,25). The van der Waals surface area contributed by atoms with E-state index in [1.54, 1.807) is 0 Å². The van der Waals surface area contributed by atoms with Gasteiger partial charge in [0.1, 0.15) is 0 Å². The molecule has 31 heavy (non-hydrogen) atoms. The van der Waals surface area contributed by atoms with Crippen molar-refractivity contribution in [2.24, 2.45) is 0 Å². The van der Waals surface area contributed by atoms with E-state index in [1.165, 1.54) is 4.90 Å². The molecule has 7 nitrogen and oxygen atoms in total. The second kappa shape index (κ2) is 10.9. The fraction of sp³-hybridized carbons (Fsp3) is 0.571. The Balaban J connectivity index is 2.97. The van der Waals surface area contributed by atoms with E-state index in [1.807, 2.05) is 66.1 Å². The van der Waals surface area contributed by atoms with Gasteiger partial charge in [-0.1, -0.05) is 22.0 Å². The predicted molar refractivity (Wildman–Crippen MR) is 132 cm³/mol. The van der Waals surface area contributed by atoms with Gasteiger partial charge in [0.05, 0.1) is 19.6 Å². The van der Waals surface area contributed by atoms with Gasteiger partial charge in [0.15, 0.2) is 0 Å². The van der Waals surface area contributed by atoms with Crippen LogP contribution >= 0.6 is 15.9 Å². The molecule has 0 bridgehead atoms. The van der Waals surface area contributed by atoms with Gasteiger partial charge in [-0.25, -0.2) is 0 Å². The summed E-state index contributed by atoms with van der Waals surface area (Å²) in [5.74, 6) is -1.21. The first-order chi connectivity index (χ1) is 14.0. The van der Waals surface area contributed by atoms with Crippen LogP contribution in [0.5, 0.6) is 0 Å². The maximum absolute atomic E-state index is 12.8. The lowest BCUT2D eigenvalue weighted by atomic mass is 10.0. The van der Waals surface area contributed by atoms with E-state index in [0.29, 0.717) is 0 Å². The van der Waals surface area contributed by atoms with Crippen molar-refractivity contribution in [3.63, 3.8) is 0 Å². The highest BCUT2D eigenvalue weighted by Gasteiger charge is 2.26. The smallest absolute Gasteiger partial charge is 0.306 e. The van der Waals surface area contributed by atoms with E-state index in [4.69, 9.17) is 8.85 Å². The fourth-order valence-corrected chi connectivity index (χ4v) is 4.82. The lowest BCUT2D eigenvalue weighted by molar-refractivity contribution is -0.140. The minimum Gasteiger partial charge on any atom is -0.519 e. The van der Waals surface area contributed by atoms with E-state index in [9.17, 15) is 14.4 Å². The Labute approximate surface area is 196 Å². The Kier molecular flexibility index (Phi) is 9.67. The number of amides is 1. The molecule has 0 saturated heterocycles. The zero-order valence-corrected chi connectivity index (χ0v) is 23.7. The van der Waals surface area contributed by atoms with Crippen LogP contribution < -0.4 is 5.32 Å². The molecule has 0 heterocycles. The topological polar surface area (TPSA) is 84.9 Å². The first kappa shape index (κ1) is 27.5. The van der Waals surface area contributed by atoms with Crippen LogP contribution in [0.4, 0.5) is 5.69 Å².